The van der Waals surface area contributed by atoms with Crippen LogP contribution >= 0.6 is 8.46 Å². The van der Waals surface area contributed by atoms with Gasteiger partial charge in [-0.05, 0) is 37.5 Å². The monoisotopic (exact) mass is 281 g/mol. The van der Waals surface area contributed by atoms with Gasteiger partial charge in [0.15, 0.2) is 0 Å². The average molecular weight is 281 g/mol. The van der Waals surface area contributed by atoms with Crippen molar-refractivity contribution in [2.24, 2.45) is 0 Å². The third kappa shape index (κ3) is 3.46. The molecule has 0 fully saturated rings. The van der Waals surface area contributed by atoms with Crippen LogP contribution in [0, 0.1) is 20.8 Å². The molecule has 0 aromatic heterocycles. The Morgan fingerprint density at radius 2 is 1.89 bits per heavy atom. The Balaban J connectivity index is 3.29. The number of amides is 1. The molecule has 19 heavy (non-hydrogen) atoms. The number of ether oxygens (including phenoxy) is 1. The molecule has 0 unspecified atom stereocenters. The Hall–Kier alpha value is -1.58. The van der Waals surface area contributed by atoms with E-state index in [1.165, 1.54) is 7.11 Å². The fourth-order valence-corrected chi connectivity index (χ4v) is 2.49. The molecule has 0 spiro atoms. The van der Waals surface area contributed by atoms with Gasteiger partial charge in [-0.3, -0.25) is 14.2 Å². The molecule has 5 nitrogen and oxygen atoms in total. The second-order valence-corrected chi connectivity index (χ2v) is 4.85. The topological polar surface area (TPSA) is 72.5 Å². The molecule has 1 amide bonds. The number of carbonyl (C=O) groups is 2. The SMILES string of the molecule is COCC(=O)Nc1c(C)cc(C)c(C(=O)P=O)c1C. The number of aryl methyl sites for hydroxylation is 2. The standard InChI is InChI=1S/C13H16NO4P/c1-7-5-8(2)12(14-10(15)6-18-4)9(3)11(7)13(16)19-17/h5H,6H2,1-4H3,(H,14,15). The minimum absolute atomic E-state index is 0.0597. The highest BCUT2D eigenvalue weighted by molar-refractivity contribution is 7.47. The summed E-state index contributed by atoms with van der Waals surface area (Å²) in [6.45, 7) is 5.28. The van der Waals surface area contributed by atoms with Crippen LogP contribution in [0.2, 0.25) is 0 Å². The molecule has 1 rings (SSSR count). The van der Waals surface area contributed by atoms with Crippen molar-refractivity contribution in [1.82, 2.24) is 0 Å². The van der Waals surface area contributed by atoms with Gasteiger partial charge in [-0.25, -0.2) is 0 Å². The first kappa shape index (κ1) is 15.5. The van der Waals surface area contributed by atoms with Gasteiger partial charge in [0.05, 0.1) is 0 Å². The van der Waals surface area contributed by atoms with Gasteiger partial charge in [-0.2, -0.15) is 0 Å². The molecule has 0 aliphatic heterocycles. The molecule has 0 saturated heterocycles. The van der Waals surface area contributed by atoms with Crippen LogP contribution in [-0.2, 0) is 14.1 Å². The summed E-state index contributed by atoms with van der Waals surface area (Å²) in [5.41, 5.74) is 2.67. The first-order valence-electron chi connectivity index (χ1n) is 5.69. The Labute approximate surface area is 113 Å². The second-order valence-electron chi connectivity index (χ2n) is 4.26. The van der Waals surface area contributed by atoms with Gasteiger partial charge in [-0.1, -0.05) is 6.07 Å². The van der Waals surface area contributed by atoms with E-state index >= 15 is 0 Å². The van der Waals surface area contributed by atoms with E-state index in [4.69, 9.17) is 4.74 Å². The van der Waals surface area contributed by atoms with E-state index in [9.17, 15) is 14.2 Å². The zero-order valence-corrected chi connectivity index (χ0v) is 12.3. The van der Waals surface area contributed by atoms with Crippen LogP contribution in [-0.4, -0.2) is 25.1 Å². The van der Waals surface area contributed by atoms with Gasteiger partial charge < -0.3 is 10.1 Å². The van der Waals surface area contributed by atoms with Crippen LogP contribution < -0.4 is 5.32 Å². The van der Waals surface area contributed by atoms with Gasteiger partial charge in [0.2, 0.25) is 14.4 Å². The minimum atomic E-state index is -0.556. The van der Waals surface area contributed by atoms with Crippen molar-refractivity contribution in [1.29, 1.82) is 0 Å². The summed E-state index contributed by atoms with van der Waals surface area (Å²) >= 11 is 0. The molecular formula is C13H16NO4P. The molecule has 0 aliphatic rings. The Bertz CT molecular complexity index is 540. The van der Waals surface area contributed by atoms with E-state index in [2.05, 4.69) is 5.32 Å². The van der Waals surface area contributed by atoms with Crippen LogP contribution in [0.15, 0.2) is 6.07 Å². The number of nitrogens with one attached hydrogen (secondary N) is 1. The molecule has 1 aromatic carbocycles. The maximum Gasteiger partial charge on any atom is 0.253 e. The summed E-state index contributed by atoms with van der Waals surface area (Å²) < 4.78 is 15.5. The number of carbonyl (C=O) groups excluding carboxylic acids is 2. The summed E-state index contributed by atoms with van der Waals surface area (Å²) in [7, 11) is 0.875. The van der Waals surface area contributed by atoms with Crippen molar-refractivity contribution in [3.05, 3.63) is 28.3 Å². The fraction of sp³-hybridized carbons (Fsp3) is 0.385. The average Bonchev–Trinajstić information content (AvgIpc) is 2.34. The van der Waals surface area contributed by atoms with Gasteiger partial charge in [0.25, 0.3) is 5.52 Å². The second kappa shape index (κ2) is 6.55. The molecule has 0 aliphatic carbocycles. The molecule has 1 aromatic rings. The predicted molar refractivity (Wildman–Crippen MR) is 73.1 cm³/mol. The number of rotatable bonds is 5. The first-order valence-corrected chi connectivity index (χ1v) is 6.50. The summed E-state index contributed by atoms with van der Waals surface area (Å²) in [5.74, 6) is -0.296. The van der Waals surface area contributed by atoms with E-state index in [0.29, 0.717) is 16.8 Å². The van der Waals surface area contributed by atoms with Crippen molar-refractivity contribution in [3.63, 3.8) is 0 Å². The highest BCUT2D eigenvalue weighted by Gasteiger charge is 2.18. The first-order chi connectivity index (χ1) is 8.92. The Morgan fingerprint density at radius 3 is 2.42 bits per heavy atom. The molecule has 1 N–H and O–H groups in total. The molecule has 0 heterocycles. The highest BCUT2D eigenvalue weighted by Crippen LogP contribution is 2.29. The molecule has 102 valence electrons. The van der Waals surface area contributed by atoms with Gasteiger partial charge in [-0.15, -0.1) is 0 Å². The predicted octanol–water partition coefficient (Wildman–Crippen LogP) is 2.63. The third-order valence-corrected chi connectivity index (χ3v) is 3.20. The zero-order valence-electron chi connectivity index (χ0n) is 11.4. The molecule has 0 atom stereocenters. The van der Waals surface area contributed by atoms with Crippen LogP contribution in [0.3, 0.4) is 0 Å². The van der Waals surface area contributed by atoms with Gasteiger partial charge in [0.1, 0.15) is 6.61 Å². The summed E-state index contributed by atoms with van der Waals surface area (Å²) in [6.07, 6.45) is 0. The van der Waals surface area contributed by atoms with E-state index in [1.54, 1.807) is 19.9 Å². The van der Waals surface area contributed by atoms with Crippen molar-refractivity contribution in [3.8, 4) is 0 Å². The molecular weight excluding hydrogens is 265 g/mol. The normalized spacial score (nSPS) is 10.5. The number of methoxy groups -OCH3 is 1. The van der Waals surface area contributed by atoms with E-state index in [1.807, 2.05) is 6.92 Å². The lowest BCUT2D eigenvalue weighted by Crippen LogP contribution is -2.19. The van der Waals surface area contributed by atoms with Crippen molar-refractivity contribution in [2.75, 3.05) is 19.0 Å². The Kier molecular flexibility index (Phi) is 5.33. The lowest BCUT2D eigenvalue weighted by molar-refractivity contribution is -0.119. The van der Waals surface area contributed by atoms with E-state index in [0.717, 1.165) is 11.1 Å². The van der Waals surface area contributed by atoms with Crippen LogP contribution in [0.5, 0.6) is 0 Å². The smallest absolute Gasteiger partial charge is 0.253 e. The lowest BCUT2D eigenvalue weighted by Gasteiger charge is -2.15. The van der Waals surface area contributed by atoms with Crippen LogP contribution in [0.1, 0.15) is 27.0 Å². The number of benzene rings is 1. The minimum Gasteiger partial charge on any atom is -0.375 e. The van der Waals surface area contributed by atoms with Crippen LogP contribution in [0.25, 0.3) is 0 Å². The van der Waals surface area contributed by atoms with Crippen LogP contribution in [0.4, 0.5) is 5.69 Å². The lowest BCUT2D eigenvalue weighted by atomic mass is 9.98. The number of hydrogen-bond acceptors (Lipinski definition) is 4. The quantitative estimate of drug-likeness (QED) is 0.842. The van der Waals surface area contributed by atoms with Crippen molar-refractivity contribution in [2.45, 2.75) is 20.8 Å². The summed E-state index contributed by atoms with van der Waals surface area (Å²) in [4.78, 5) is 23.2. The molecule has 0 radical (unpaired) electrons. The number of anilines is 1. The molecule has 0 bridgehead atoms. The van der Waals surface area contributed by atoms with Gasteiger partial charge >= 0.3 is 0 Å². The summed E-state index contributed by atoms with van der Waals surface area (Å²) in [5, 5.41) is 2.70. The molecule has 0 saturated carbocycles. The fourth-order valence-electron chi connectivity index (χ4n) is 2.06. The maximum absolute atomic E-state index is 11.7. The van der Waals surface area contributed by atoms with Gasteiger partial charge in [0, 0.05) is 18.4 Å². The van der Waals surface area contributed by atoms with E-state index in [-0.39, 0.29) is 12.5 Å². The zero-order chi connectivity index (χ0) is 14.6. The van der Waals surface area contributed by atoms with E-state index < -0.39 is 14.0 Å². The Morgan fingerprint density at radius 1 is 1.26 bits per heavy atom. The van der Waals surface area contributed by atoms with Crippen molar-refractivity contribution >= 4 is 25.6 Å². The molecule has 6 heteroatoms. The largest absolute Gasteiger partial charge is 0.375 e. The third-order valence-electron chi connectivity index (χ3n) is 2.81. The maximum atomic E-state index is 11.7. The van der Waals surface area contributed by atoms with Crippen molar-refractivity contribution < 1.29 is 18.9 Å². The number of hydrogen-bond donors (Lipinski definition) is 1. The summed E-state index contributed by atoms with van der Waals surface area (Å²) in [6, 6.07) is 1.79. The highest BCUT2D eigenvalue weighted by atomic mass is 31.1.